The quantitative estimate of drug-likeness (QED) is 0.366. The lowest BCUT2D eigenvalue weighted by atomic mass is 10.2. The van der Waals surface area contributed by atoms with Crippen molar-refractivity contribution >= 4 is 17.6 Å². The van der Waals surface area contributed by atoms with Gasteiger partial charge in [-0.15, -0.1) is 0 Å². The van der Waals surface area contributed by atoms with Crippen molar-refractivity contribution in [3.8, 4) is 0 Å². The number of benzene rings is 1. The van der Waals surface area contributed by atoms with Gasteiger partial charge < -0.3 is 15.5 Å². The highest BCUT2D eigenvalue weighted by molar-refractivity contribution is 5.80. The van der Waals surface area contributed by atoms with Crippen molar-refractivity contribution in [2.24, 2.45) is 4.99 Å². The molecule has 1 heterocycles. The molecule has 0 bridgehead atoms. The number of hydrogen-bond donors (Lipinski definition) is 2. The van der Waals surface area contributed by atoms with Crippen LogP contribution in [0.15, 0.2) is 29.3 Å². The molecule has 1 unspecified atom stereocenters. The molecule has 1 aliphatic heterocycles. The highest BCUT2D eigenvalue weighted by Gasteiger charge is 2.25. The van der Waals surface area contributed by atoms with Crippen molar-refractivity contribution in [3.05, 3.63) is 39.9 Å². The number of guanidine groups is 1. The predicted octanol–water partition coefficient (Wildman–Crippen LogP) is 1.27. The SMILES string of the molecule is CCC(=O)N1CCC(NC(=NC)NCc2ccccc2[N+](=O)[O-])C1. The molecular weight excluding hydrogens is 310 g/mol. The predicted molar refractivity (Wildman–Crippen MR) is 91.7 cm³/mol. The highest BCUT2D eigenvalue weighted by Crippen LogP contribution is 2.17. The van der Waals surface area contributed by atoms with Gasteiger partial charge in [-0.05, 0) is 6.42 Å². The number of aliphatic imine (C=N–C) groups is 1. The Bertz CT molecular complexity index is 632. The molecule has 8 heteroatoms. The second-order valence-electron chi connectivity index (χ2n) is 5.63. The molecule has 1 aromatic carbocycles. The normalized spacial score (nSPS) is 17.7. The number of carbonyl (C=O) groups excluding carboxylic acids is 1. The van der Waals surface area contributed by atoms with E-state index in [1.807, 2.05) is 11.8 Å². The van der Waals surface area contributed by atoms with Crippen LogP contribution in [0, 0.1) is 10.1 Å². The summed E-state index contributed by atoms with van der Waals surface area (Å²) >= 11 is 0. The van der Waals surface area contributed by atoms with Gasteiger partial charge in [0.25, 0.3) is 5.69 Å². The zero-order chi connectivity index (χ0) is 17.5. The Balaban J connectivity index is 1.90. The molecule has 1 atom stereocenters. The number of para-hydroxylation sites is 1. The summed E-state index contributed by atoms with van der Waals surface area (Å²) in [5.41, 5.74) is 0.681. The van der Waals surface area contributed by atoms with E-state index in [4.69, 9.17) is 0 Å². The first-order valence-electron chi connectivity index (χ1n) is 8.02. The third-order valence-electron chi connectivity index (χ3n) is 4.04. The minimum atomic E-state index is -0.390. The van der Waals surface area contributed by atoms with Gasteiger partial charge in [0.05, 0.1) is 4.92 Å². The van der Waals surface area contributed by atoms with E-state index in [-0.39, 0.29) is 17.6 Å². The lowest BCUT2D eigenvalue weighted by Crippen LogP contribution is -2.44. The summed E-state index contributed by atoms with van der Waals surface area (Å²) in [6.07, 6.45) is 1.37. The number of nitrogens with zero attached hydrogens (tertiary/aromatic N) is 3. The minimum Gasteiger partial charge on any atom is -0.352 e. The van der Waals surface area contributed by atoms with Crippen LogP contribution in [0.4, 0.5) is 5.69 Å². The molecule has 0 aromatic heterocycles. The molecule has 1 aliphatic rings. The van der Waals surface area contributed by atoms with E-state index >= 15 is 0 Å². The zero-order valence-corrected chi connectivity index (χ0v) is 14.0. The maximum absolute atomic E-state index is 11.7. The fourth-order valence-corrected chi connectivity index (χ4v) is 2.73. The summed E-state index contributed by atoms with van der Waals surface area (Å²) in [5.74, 6) is 0.728. The average Bonchev–Trinajstić information content (AvgIpc) is 3.06. The first-order chi connectivity index (χ1) is 11.5. The molecular formula is C16H23N5O3. The van der Waals surface area contributed by atoms with E-state index < -0.39 is 4.92 Å². The molecule has 1 amide bonds. The number of carbonyl (C=O) groups is 1. The Kier molecular flexibility index (Phi) is 6.11. The van der Waals surface area contributed by atoms with Gasteiger partial charge in [0.2, 0.25) is 5.91 Å². The maximum atomic E-state index is 11.7. The van der Waals surface area contributed by atoms with Crippen LogP contribution in [0.3, 0.4) is 0 Å². The second-order valence-corrected chi connectivity index (χ2v) is 5.63. The third-order valence-corrected chi connectivity index (χ3v) is 4.04. The molecule has 0 spiro atoms. The van der Waals surface area contributed by atoms with E-state index in [2.05, 4.69) is 15.6 Å². The lowest BCUT2D eigenvalue weighted by molar-refractivity contribution is -0.385. The molecule has 1 aromatic rings. The van der Waals surface area contributed by atoms with Crippen molar-refractivity contribution in [1.29, 1.82) is 0 Å². The van der Waals surface area contributed by atoms with Gasteiger partial charge >= 0.3 is 0 Å². The fourth-order valence-electron chi connectivity index (χ4n) is 2.73. The molecule has 8 nitrogen and oxygen atoms in total. The van der Waals surface area contributed by atoms with Gasteiger partial charge in [-0.3, -0.25) is 19.9 Å². The molecule has 0 aliphatic carbocycles. The summed E-state index contributed by atoms with van der Waals surface area (Å²) in [5, 5.41) is 17.4. The summed E-state index contributed by atoms with van der Waals surface area (Å²) in [6, 6.07) is 6.75. The van der Waals surface area contributed by atoms with E-state index in [9.17, 15) is 14.9 Å². The number of likely N-dealkylation sites (tertiary alicyclic amines) is 1. The number of hydrogen-bond acceptors (Lipinski definition) is 4. The Morgan fingerprint density at radius 1 is 1.46 bits per heavy atom. The molecule has 2 N–H and O–H groups in total. The Labute approximate surface area is 141 Å². The largest absolute Gasteiger partial charge is 0.352 e. The third kappa shape index (κ3) is 4.43. The highest BCUT2D eigenvalue weighted by atomic mass is 16.6. The van der Waals surface area contributed by atoms with Crippen LogP contribution in [0.2, 0.25) is 0 Å². The topological polar surface area (TPSA) is 99.9 Å². The molecule has 1 saturated heterocycles. The average molecular weight is 333 g/mol. The fraction of sp³-hybridized carbons (Fsp3) is 0.500. The smallest absolute Gasteiger partial charge is 0.274 e. The van der Waals surface area contributed by atoms with Crippen LogP contribution in [0.5, 0.6) is 0 Å². The Morgan fingerprint density at radius 2 is 2.21 bits per heavy atom. The van der Waals surface area contributed by atoms with Crippen molar-refractivity contribution in [2.75, 3.05) is 20.1 Å². The number of rotatable bonds is 5. The van der Waals surface area contributed by atoms with Crippen LogP contribution in [-0.2, 0) is 11.3 Å². The molecule has 24 heavy (non-hydrogen) atoms. The van der Waals surface area contributed by atoms with Crippen LogP contribution in [0.25, 0.3) is 0 Å². The van der Waals surface area contributed by atoms with Crippen molar-refractivity contribution in [3.63, 3.8) is 0 Å². The Morgan fingerprint density at radius 3 is 2.88 bits per heavy atom. The molecule has 2 rings (SSSR count). The number of amides is 1. The number of nitrogens with one attached hydrogen (secondary N) is 2. The van der Waals surface area contributed by atoms with Crippen LogP contribution in [-0.4, -0.2) is 47.9 Å². The van der Waals surface area contributed by atoms with E-state index in [0.717, 1.165) is 13.0 Å². The van der Waals surface area contributed by atoms with E-state index in [0.29, 0.717) is 31.0 Å². The van der Waals surface area contributed by atoms with Gasteiger partial charge in [0, 0.05) is 50.8 Å². The Hall–Kier alpha value is -2.64. The van der Waals surface area contributed by atoms with Crippen LogP contribution < -0.4 is 10.6 Å². The monoisotopic (exact) mass is 333 g/mol. The molecule has 1 fully saturated rings. The maximum Gasteiger partial charge on any atom is 0.274 e. The first-order valence-corrected chi connectivity index (χ1v) is 8.02. The summed E-state index contributed by atoms with van der Waals surface area (Å²) < 4.78 is 0. The van der Waals surface area contributed by atoms with E-state index in [1.54, 1.807) is 25.2 Å². The van der Waals surface area contributed by atoms with Crippen LogP contribution in [0.1, 0.15) is 25.3 Å². The zero-order valence-electron chi connectivity index (χ0n) is 14.0. The molecule has 0 saturated carbocycles. The molecule has 0 radical (unpaired) electrons. The number of nitro groups is 1. The van der Waals surface area contributed by atoms with Crippen molar-refractivity contribution in [1.82, 2.24) is 15.5 Å². The lowest BCUT2D eigenvalue weighted by Gasteiger charge is -2.18. The van der Waals surface area contributed by atoms with Crippen LogP contribution >= 0.6 is 0 Å². The van der Waals surface area contributed by atoms with Crippen molar-refractivity contribution < 1.29 is 9.72 Å². The van der Waals surface area contributed by atoms with Gasteiger partial charge in [0.15, 0.2) is 5.96 Å². The van der Waals surface area contributed by atoms with E-state index in [1.165, 1.54) is 6.07 Å². The van der Waals surface area contributed by atoms with Gasteiger partial charge in [-0.2, -0.15) is 0 Å². The minimum absolute atomic E-state index is 0.0843. The first kappa shape index (κ1) is 17.7. The standard InChI is InChI=1S/C16H23N5O3/c1-3-15(22)20-9-8-13(11-20)19-16(17-2)18-10-12-6-4-5-7-14(12)21(23)24/h4-7,13H,3,8-11H2,1-2H3,(H2,17,18,19). The van der Waals surface area contributed by atoms with Gasteiger partial charge in [-0.25, -0.2) is 0 Å². The van der Waals surface area contributed by atoms with Crippen molar-refractivity contribution in [2.45, 2.75) is 32.4 Å². The molecule has 130 valence electrons. The summed E-state index contributed by atoms with van der Waals surface area (Å²) in [4.78, 5) is 28.4. The summed E-state index contributed by atoms with van der Waals surface area (Å²) in [7, 11) is 1.65. The second kappa shape index (κ2) is 8.28. The van der Waals surface area contributed by atoms with Gasteiger partial charge in [-0.1, -0.05) is 25.1 Å². The van der Waals surface area contributed by atoms with Gasteiger partial charge in [0.1, 0.15) is 0 Å². The number of nitro benzene ring substituents is 1. The summed E-state index contributed by atoms with van der Waals surface area (Å²) in [6.45, 7) is 3.56.